The minimum absolute atomic E-state index is 0.543. The Bertz CT molecular complexity index is 306. The smallest absolute Gasteiger partial charge is 0.197 e. The highest BCUT2D eigenvalue weighted by Crippen LogP contribution is 2.29. The molecule has 0 spiro atoms. The summed E-state index contributed by atoms with van der Waals surface area (Å²) in [5.41, 5.74) is 1.06. The molecule has 1 aromatic heterocycles. The van der Waals surface area contributed by atoms with Crippen molar-refractivity contribution in [1.29, 1.82) is 0 Å². The predicted molar refractivity (Wildman–Crippen MR) is 46.9 cm³/mol. The van der Waals surface area contributed by atoms with Gasteiger partial charge in [-0.15, -0.1) is 0 Å². The van der Waals surface area contributed by atoms with Crippen LogP contribution in [0.1, 0.15) is 12.5 Å². The average molecular weight is 180 g/mol. The van der Waals surface area contributed by atoms with Crippen molar-refractivity contribution in [3.8, 4) is 0 Å². The number of aromatic nitrogens is 1. The number of aryl methyl sites for hydroxylation is 1. The molecule has 2 heterocycles. The van der Waals surface area contributed by atoms with Crippen LogP contribution >= 0.6 is 0 Å². The average Bonchev–Trinajstić information content (AvgIpc) is 2.54. The molecule has 1 aliphatic rings. The van der Waals surface area contributed by atoms with E-state index < -0.39 is 5.79 Å². The highest BCUT2D eigenvalue weighted by Gasteiger charge is 2.34. The molecule has 2 rings (SSSR count). The lowest BCUT2D eigenvalue weighted by Gasteiger charge is -2.20. The standard InChI is InChI=1S/C10H14NO2/c1-10(12-6-7-13-10)9-4-3-5-11(2)8-9/h3-5,8H,6-7H2,1-2H3/q+1. The van der Waals surface area contributed by atoms with E-state index in [0.717, 1.165) is 5.56 Å². The van der Waals surface area contributed by atoms with E-state index in [0.29, 0.717) is 13.2 Å². The molecule has 0 atom stereocenters. The quantitative estimate of drug-likeness (QED) is 0.594. The van der Waals surface area contributed by atoms with E-state index in [4.69, 9.17) is 9.47 Å². The number of rotatable bonds is 1. The molecule has 0 amide bonds. The van der Waals surface area contributed by atoms with E-state index in [2.05, 4.69) is 0 Å². The van der Waals surface area contributed by atoms with Gasteiger partial charge in [-0.05, 0) is 13.0 Å². The van der Waals surface area contributed by atoms with Crippen LogP contribution < -0.4 is 4.57 Å². The number of hydrogen-bond acceptors (Lipinski definition) is 2. The van der Waals surface area contributed by atoms with Gasteiger partial charge in [0.2, 0.25) is 0 Å². The molecular weight excluding hydrogens is 166 g/mol. The molecule has 1 aromatic rings. The third kappa shape index (κ3) is 1.57. The first kappa shape index (κ1) is 8.66. The van der Waals surface area contributed by atoms with Crippen LogP contribution in [0.25, 0.3) is 0 Å². The summed E-state index contributed by atoms with van der Waals surface area (Å²) in [6.07, 6.45) is 4.01. The van der Waals surface area contributed by atoms with Crippen LogP contribution in [0.15, 0.2) is 24.5 Å². The van der Waals surface area contributed by atoms with Crippen molar-refractivity contribution >= 4 is 0 Å². The largest absolute Gasteiger partial charge is 0.343 e. The highest BCUT2D eigenvalue weighted by atomic mass is 16.7. The van der Waals surface area contributed by atoms with E-state index >= 15 is 0 Å². The Morgan fingerprint density at radius 2 is 2.08 bits per heavy atom. The molecule has 70 valence electrons. The fourth-order valence-corrected chi connectivity index (χ4v) is 1.54. The van der Waals surface area contributed by atoms with Crippen molar-refractivity contribution in [2.75, 3.05) is 13.2 Å². The van der Waals surface area contributed by atoms with Crippen LogP contribution in [0.5, 0.6) is 0 Å². The summed E-state index contributed by atoms with van der Waals surface area (Å²) in [5, 5.41) is 0. The van der Waals surface area contributed by atoms with Gasteiger partial charge in [0.15, 0.2) is 18.2 Å². The Hall–Kier alpha value is -0.930. The lowest BCUT2D eigenvalue weighted by Crippen LogP contribution is -2.32. The van der Waals surface area contributed by atoms with Crippen LogP contribution in [0.3, 0.4) is 0 Å². The molecule has 0 N–H and O–H groups in total. The Kier molecular flexibility index (Phi) is 2.06. The molecule has 0 aromatic carbocycles. The Morgan fingerprint density at radius 1 is 1.38 bits per heavy atom. The van der Waals surface area contributed by atoms with Crippen molar-refractivity contribution in [2.24, 2.45) is 7.05 Å². The molecular formula is C10H14NO2+. The molecule has 0 aliphatic carbocycles. The summed E-state index contributed by atoms with van der Waals surface area (Å²) in [6.45, 7) is 3.31. The van der Waals surface area contributed by atoms with Gasteiger partial charge < -0.3 is 9.47 Å². The Balaban J connectivity index is 2.33. The summed E-state index contributed by atoms with van der Waals surface area (Å²) >= 11 is 0. The third-order valence-corrected chi connectivity index (χ3v) is 2.30. The molecule has 1 fully saturated rings. The molecule has 0 bridgehead atoms. The second-order valence-corrected chi connectivity index (χ2v) is 3.40. The minimum atomic E-state index is -0.543. The maximum atomic E-state index is 5.55. The predicted octanol–water partition coefficient (Wildman–Crippen LogP) is 0.731. The molecule has 13 heavy (non-hydrogen) atoms. The minimum Gasteiger partial charge on any atom is -0.343 e. The molecule has 1 aliphatic heterocycles. The first-order valence-electron chi connectivity index (χ1n) is 4.44. The Labute approximate surface area is 77.9 Å². The van der Waals surface area contributed by atoms with Crippen molar-refractivity contribution in [3.63, 3.8) is 0 Å². The molecule has 1 saturated heterocycles. The first-order chi connectivity index (χ1) is 6.21. The van der Waals surface area contributed by atoms with E-state index in [9.17, 15) is 0 Å². The van der Waals surface area contributed by atoms with E-state index in [1.165, 1.54) is 0 Å². The molecule has 0 saturated carbocycles. The van der Waals surface area contributed by atoms with E-state index in [-0.39, 0.29) is 0 Å². The van der Waals surface area contributed by atoms with Crippen LogP contribution in [-0.4, -0.2) is 13.2 Å². The normalized spacial score (nSPS) is 20.5. The van der Waals surface area contributed by atoms with Gasteiger partial charge in [-0.1, -0.05) is 0 Å². The molecule has 3 nitrogen and oxygen atoms in total. The van der Waals surface area contributed by atoms with Gasteiger partial charge in [-0.25, -0.2) is 4.57 Å². The summed E-state index contributed by atoms with van der Waals surface area (Å²) < 4.78 is 13.1. The number of hydrogen-bond donors (Lipinski definition) is 0. The monoisotopic (exact) mass is 180 g/mol. The maximum absolute atomic E-state index is 5.55. The van der Waals surface area contributed by atoms with Crippen LogP contribution in [0.2, 0.25) is 0 Å². The van der Waals surface area contributed by atoms with E-state index in [1.807, 2.05) is 43.1 Å². The van der Waals surface area contributed by atoms with Crippen LogP contribution in [0, 0.1) is 0 Å². The number of nitrogens with zero attached hydrogens (tertiary/aromatic N) is 1. The summed E-state index contributed by atoms with van der Waals surface area (Å²) in [6, 6.07) is 4.01. The van der Waals surface area contributed by atoms with Gasteiger partial charge >= 0.3 is 0 Å². The fourth-order valence-electron chi connectivity index (χ4n) is 1.54. The van der Waals surface area contributed by atoms with Crippen molar-refractivity contribution in [3.05, 3.63) is 30.1 Å². The maximum Gasteiger partial charge on any atom is 0.197 e. The molecule has 0 radical (unpaired) electrons. The SMILES string of the molecule is C[n+]1cccc(C2(C)OCCO2)c1. The highest BCUT2D eigenvalue weighted by molar-refractivity contribution is 5.12. The van der Waals surface area contributed by atoms with Gasteiger partial charge in [-0.2, -0.15) is 0 Å². The van der Waals surface area contributed by atoms with Gasteiger partial charge in [0, 0.05) is 6.07 Å². The lowest BCUT2D eigenvalue weighted by atomic mass is 10.1. The lowest BCUT2D eigenvalue weighted by molar-refractivity contribution is -0.672. The van der Waals surface area contributed by atoms with Crippen LogP contribution in [-0.2, 0) is 22.3 Å². The zero-order chi connectivity index (χ0) is 9.31. The first-order valence-corrected chi connectivity index (χ1v) is 4.44. The Morgan fingerprint density at radius 3 is 2.69 bits per heavy atom. The second-order valence-electron chi connectivity index (χ2n) is 3.40. The zero-order valence-electron chi connectivity index (χ0n) is 7.99. The van der Waals surface area contributed by atoms with Crippen molar-refractivity contribution < 1.29 is 14.0 Å². The van der Waals surface area contributed by atoms with Gasteiger partial charge in [-0.3, -0.25) is 0 Å². The summed E-state index contributed by atoms with van der Waals surface area (Å²) in [4.78, 5) is 0. The summed E-state index contributed by atoms with van der Waals surface area (Å²) in [5.74, 6) is -0.543. The van der Waals surface area contributed by atoms with Crippen molar-refractivity contribution in [1.82, 2.24) is 0 Å². The number of pyridine rings is 1. The molecule has 0 unspecified atom stereocenters. The summed E-state index contributed by atoms with van der Waals surface area (Å²) in [7, 11) is 1.99. The fraction of sp³-hybridized carbons (Fsp3) is 0.500. The van der Waals surface area contributed by atoms with E-state index in [1.54, 1.807) is 0 Å². The van der Waals surface area contributed by atoms with Gasteiger partial charge in [0.1, 0.15) is 7.05 Å². The zero-order valence-corrected chi connectivity index (χ0v) is 7.99. The second kappa shape index (κ2) is 3.09. The number of ether oxygens (including phenoxy) is 2. The molecule has 3 heteroatoms. The third-order valence-electron chi connectivity index (χ3n) is 2.30. The van der Waals surface area contributed by atoms with Gasteiger partial charge in [0.05, 0.1) is 18.8 Å². The van der Waals surface area contributed by atoms with Gasteiger partial charge in [0.25, 0.3) is 0 Å². The van der Waals surface area contributed by atoms with Crippen molar-refractivity contribution in [2.45, 2.75) is 12.7 Å². The topological polar surface area (TPSA) is 22.3 Å². The van der Waals surface area contributed by atoms with Crippen LogP contribution in [0.4, 0.5) is 0 Å².